The normalized spacial score (nSPS) is 12.1. The number of carbonyl (C=O) groups excluding carboxylic acids is 2. The number of nitrogens with zero attached hydrogens (tertiary/aromatic N) is 3. The van der Waals surface area contributed by atoms with Gasteiger partial charge in [-0.2, -0.15) is 4.99 Å². The Balaban J connectivity index is 1.71. The minimum absolute atomic E-state index is 0.0270. The summed E-state index contributed by atoms with van der Waals surface area (Å²) in [7, 11) is 1.34. The minimum atomic E-state index is -0.425. The second-order valence-electron chi connectivity index (χ2n) is 6.59. The molecular formula is C22H15N3O3S2. The molecule has 1 amide bonds. The molecule has 6 nitrogen and oxygen atoms in total. The predicted octanol–water partition coefficient (Wildman–Crippen LogP) is 4.38. The molecule has 3 aromatic carbocycles. The molecule has 0 N–H and O–H groups in total. The number of fused-ring (bicyclic) bond motifs is 4. The van der Waals surface area contributed by atoms with Crippen LogP contribution in [0.4, 0.5) is 0 Å². The first-order valence-corrected chi connectivity index (χ1v) is 10.8. The Bertz CT molecular complexity index is 1480. The maximum absolute atomic E-state index is 12.9. The Labute approximate surface area is 178 Å². The van der Waals surface area contributed by atoms with E-state index in [2.05, 4.69) is 9.98 Å². The summed E-state index contributed by atoms with van der Waals surface area (Å²) in [5.41, 5.74) is 1.60. The van der Waals surface area contributed by atoms with E-state index in [0.29, 0.717) is 9.81 Å². The highest BCUT2D eigenvalue weighted by molar-refractivity contribution is 7.20. The fraction of sp³-hybridized carbons (Fsp3) is 0.0909. The molecule has 0 aliphatic carbocycles. The summed E-state index contributed by atoms with van der Waals surface area (Å²) in [6.07, 6.45) is 0. The van der Waals surface area contributed by atoms with Crippen LogP contribution in [0.3, 0.4) is 0 Å². The molecule has 30 heavy (non-hydrogen) atoms. The third-order valence-corrected chi connectivity index (χ3v) is 6.91. The van der Waals surface area contributed by atoms with Crippen molar-refractivity contribution in [2.75, 3.05) is 7.11 Å². The molecule has 0 atom stereocenters. The lowest BCUT2D eigenvalue weighted by Crippen LogP contribution is -2.22. The summed E-state index contributed by atoms with van der Waals surface area (Å²) in [4.78, 5) is 34.1. The Morgan fingerprint density at radius 2 is 1.83 bits per heavy atom. The van der Waals surface area contributed by atoms with Crippen LogP contribution in [-0.4, -0.2) is 28.5 Å². The van der Waals surface area contributed by atoms with Crippen molar-refractivity contribution in [1.29, 1.82) is 0 Å². The molecule has 0 bridgehead atoms. The number of rotatable bonds is 3. The van der Waals surface area contributed by atoms with Gasteiger partial charge in [0.1, 0.15) is 6.54 Å². The summed E-state index contributed by atoms with van der Waals surface area (Å²) < 4.78 is 8.48. The van der Waals surface area contributed by atoms with Gasteiger partial charge in [0.2, 0.25) is 0 Å². The molecule has 0 fully saturated rings. The molecule has 8 heteroatoms. The van der Waals surface area contributed by atoms with Crippen LogP contribution >= 0.6 is 22.7 Å². The lowest BCUT2D eigenvalue weighted by Gasteiger charge is -2.04. The third-order valence-electron chi connectivity index (χ3n) is 4.76. The fourth-order valence-electron chi connectivity index (χ4n) is 3.33. The van der Waals surface area contributed by atoms with E-state index in [1.54, 1.807) is 4.57 Å². The number of para-hydroxylation sites is 1. The zero-order chi connectivity index (χ0) is 20.7. The van der Waals surface area contributed by atoms with Crippen LogP contribution in [0.1, 0.15) is 9.80 Å². The SMILES string of the molecule is COC(=O)Cn1c(=NC(=O)c2nc3ccccc3s2)sc2c3ccccc3ccc21. The van der Waals surface area contributed by atoms with Gasteiger partial charge in [0.05, 0.1) is 27.5 Å². The molecule has 2 heterocycles. The second-order valence-corrected chi connectivity index (χ2v) is 8.59. The highest BCUT2D eigenvalue weighted by Gasteiger charge is 2.16. The molecule has 148 valence electrons. The molecule has 5 aromatic rings. The molecule has 0 saturated heterocycles. The zero-order valence-corrected chi connectivity index (χ0v) is 17.5. The summed E-state index contributed by atoms with van der Waals surface area (Å²) in [6.45, 7) is -0.0270. The van der Waals surface area contributed by atoms with Crippen molar-refractivity contribution in [3.63, 3.8) is 0 Å². The topological polar surface area (TPSA) is 73.6 Å². The number of hydrogen-bond acceptors (Lipinski definition) is 6. The number of methoxy groups -OCH3 is 1. The van der Waals surface area contributed by atoms with Crippen LogP contribution in [-0.2, 0) is 16.1 Å². The largest absolute Gasteiger partial charge is 0.468 e. The van der Waals surface area contributed by atoms with Crippen LogP contribution in [0.5, 0.6) is 0 Å². The van der Waals surface area contributed by atoms with E-state index in [-0.39, 0.29) is 6.54 Å². The predicted molar refractivity (Wildman–Crippen MR) is 119 cm³/mol. The van der Waals surface area contributed by atoms with Gasteiger partial charge in [-0.1, -0.05) is 53.8 Å². The quantitative estimate of drug-likeness (QED) is 0.396. The molecular weight excluding hydrogens is 418 g/mol. The number of benzene rings is 3. The van der Waals surface area contributed by atoms with Gasteiger partial charge < -0.3 is 9.30 Å². The number of thiazole rings is 2. The van der Waals surface area contributed by atoms with Gasteiger partial charge >= 0.3 is 11.9 Å². The van der Waals surface area contributed by atoms with Gasteiger partial charge in [0.25, 0.3) is 0 Å². The number of carbonyl (C=O) groups is 2. The van der Waals surface area contributed by atoms with E-state index >= 15 is 0 Å². The molecule has 0 saturated carbocycles. The van der Waals surface area contributed by atoms with Crippen LogP contribution < -0.4 is 4.80 Å². The third kappa shape index (κ3) is 3.20. The van der Waals surface area contributed by atoms with E-state index in [1.165, 1.54) is 29.8 Å². The van der Waals surface area contributed by atoms with Crippen molar-refractivity contribution >= 4 is 65.8 Å². The van der Waals surface area contributed by atoms with E-state index in [9.17, 15) is 9.59 Å². The van der Waals surface area contributed by atoms with Crippen molar-refractivity contribution < 1.29 is 14.3 Å². The summed E-state index contributed by atoms with van der Waals surface area (Å²) >= 11 is 2.69. The van der Waals surface area contributed by atoms with Crippen LogP contribution in [0.2, 0.25) is 0 Å². The van der Waals surface area contributed by atoms with Crippen molar-refractivity contribution in [2.45, 2.75) is 6.54 Å². The summed E-state index contributed by atoms with van der Waals surface area (Å²) in [5.74, 6) is -0.831. The lowest BCUT2D eigenvalue weighted by molar-refractivity contribution is -0.141. The highest BCUT2D eigenvalue weighted by Crippen LogP contribution is 2.28. The van der Waals surface area contributed by atoms with E-state index < -0.39 is 11.9 Å². The van der Waals surface area contributed by atoms with Crippen molar-refractivity contribution in [3.05, 3.63) is 70.5 Å². The van der Waals surface area contributed by atoms with Gasteiger partial charge in [-0.05, 0) is 23.6 Å². The fourth-order valence-corrected chi connectivity index (χ4v) is 5.34. The number of amides is 1. The smallest absolute Gasteiger partial charge is 0.325 e. The Kier molecular flexibility index (Phi) is 4.65. The van der Waals surface area contributed by atoms with Gasteiger partial charge in [-0.3, -0.25) is 9.59 Å². The van der Waals surface area contributed by atoms with Crippen molar-refractivity contribution in [1.82, 2.24) is 9.55 Å². The van der Waals surface area contributed by atoms with Crippen LogP contribution in [0, 0.1) is 0 Å². The number of hydrogen-bond donors (Lipinski definition) is 0. The first-order chi connectivity index (χ1) is 14.6. The van der Waals surface area contributed by atoms with Gasteiger partial charge in [-0.25, -0.2) is 4.98 Å². The Hall–Kier alpha value is -3.36. The molecule has 0 unspecified atom stereocenters. The van der Waals surface area contributed by atoms with Gasteiger partial charge in [-0.15, -0.1) is 11.3 Å². The summed E-state index contributed by atoms with van der Waals surface area (Å²) in [6, 6.07) is 19.5. The van der Waals surface area contributed by atoms with Crippen LogP contribution in [0.15, 0.2) is 65.7 Å². The Morgan fingerprint density at radius 3 is 2.67 bits per heavy atom. The molecule has 0 aliphatic rings. The van der Waals surface area contributed by atoms with Gasteiger partial charge in [0.15, 0.2) is 9.81 Å². The minimum Gasteiger partial charge on any atom is -0.468 e. The number of aromatic nitrogens is 2. The second kappa shape index (κ2) is 7.47. The van der Waals surface area contributed by atoms with Crippen LogP contribution in [0.25, 0.3) is 31.2 Å². The number of esters is 1. The Morgan fingerprint density at radius 1 is 1.03 bits per heavy atom. The van der Waals surface area contributed by atoms with Crippen molar-refractivity contribution in [2.24, 2.45) is 4.99 Å². The van der Waals surface area contributed by atoms with E-state index in [4.69, 9.17) is 4.74 Å². The maximum atomic E-state index is 12.9. The molecule has 2 aromatic heterocycles. The molecule has 5 rings (SSSR count). The standard InChI is InChI=1S/C22H15N3O3S2/c1-28-18(26)12-25-16-11-10-13-6-2-3-7-14(13)19(16)30-22(25)24-20(27)21-23-15-8-4-5-9-17(15)29-21/h2-11H,12H2,1H3. The first-order valence-electron chi connectivity index (χ1n) is 9.16. The lowest BCUT2D eigenvalue weighted by atomic mass is 10.1. The molecule has 0 spiro atoms. The monoisotopic (exact) mass is 433 g/mol. The molecule has 0 radical (unpaired) electrons. The van der Waals surface area contributed by atoms with E-state index in [0.717, 1.165) is 31.2 Å². The van der Waals surface area contributed by atoms with Gasteiger partial charge in [0, 0.05) is 5.39 Å². The molecule has 0 aliphatic heterocycles. The average molecular weight is 434 g/mol. The first kappa shape index (κ1) is 18.7. The zero-order valence-electron chi connectivity index (χ0n) is 15.9. The summed E-state index contributed by atoms with van der Waals surface area (Å²) in [5, 5.41) is 2.45. The van der Waals surface area contributed by atoms with E-state index in [1.807, 2.05) is 60.7 Å². The highest BCUT2D eigenvalue weighted by atomic mass is 32.1. The maximum Gasteiger partial charge on any atom is 0.325 e. The number of ether oxygens (including phenoxy) is 1. The average Bonchev–Trinajstić information content (AvgIpc) is 3.35. The van der Waals surface area contributed by atoms with Crippen molar-refractivity contribution in [3.8, 4) is 0 Å².